The van der Waals surface area contributed by atoms with Crippen molar-refractivity contribution in [3.05, 3.63) is 59.7 Å². The zero-order chi connectivity index (χ0) is 13.2. The second kappa shape index (κ2) is 5.10. The molecule has 0 aliphatic carbocycles. The van der Waals surface area contributed by atoms with E-state index < -0.39 is 0 Å². The van der Waals surface area contributed by atoms with Gasteiger partial charge in [0.05, 0.1) is 5.25 Å². The van der Waals surface area contributed by atoms with Gasteiger partial charge in [-0.1, -0.05) is 30.3 Å². The summed E-state index contributed by atoms with van der Waals surface area (Å²) in [6, 6.07) is 16.1. The van der Waals surface area contributed by atoms with Crippen molar-refractivity contribution in [3.63, 3.8) is 0 Å². The number of aryl methyl sites for hydroxylation is 1. The summed E-state index contributed by atoms with van der Waals surface area (Å²) in [5.74, 6) is 0.0896. The monoisotopic (exact) mass is 269 g/mol. The Balaban J connectivity index is 1.70. The highest BCUT2D eigenvalue weighted by Crippen LogP contribution is 2.37. The van der Waals surface area contributed by atoms with Gasteiger partial charge in [0.1, 0.15) is 0 Å². The Kier molecular flexibility index (Phi) is 3.30. The normalized spacial score (nSPS) is 17.0. The molecule has 0 saturated heterocycles. The molecule has 1 aliphatic rings. The van der Waals surface area contributed by atoms with Crippen LogP contribution < -0.4 is 5.32 Å². The van der Waals surface area contributed by atoms with E-state index in [1.54, 1.807) is 11.8 Å². The third-order valence-electron chi connectivity index (χ3n) is 3.23. The summed E-state index contributed by atoms with van der Waals surface area (Å²) < 4.78 is 0. The molecule has 1 aliphatic heterocycles. The van der Waals surface area contributed by atoms with Crippen LogP contribution in [0.25, 0.3) is 0 Å². The number of carbonyl (C=O) groups is 1. The van der Waals surface area contributed by atoms with Gasteiger partial charge in [-0.25, -0.2) is 0 Å². The summed E-state index contributed by atoms with van der Waals surface area (Å²) in [6.07, 6.45) is 0.818. The van der Waals surface area contributed by atoms with Crippen LogP contribution in [-0.2, 0) is 11.2 Å². The van der Waals surface area contributed by atoms with Crippen LogP contribution in [0.3, 0.4) is 0 Å². The highest BCUT2D eigenvalue weighted by molar-refractivity contribution is 8.01. The maximum Gasteiger partial charge on any atom is 0.238 e. The number of thioether (sulfide) groups is 1. The lowest BCUT2D eigenvalue weighted by Gasteiger charge is -2.10. The van der Waals surface area contributed by atoms with E-state index in [4.69, 9.17) is 0 Å². The first-order valence-electron chi connectivity index (χ1n) is 6.34. The average Bonchev–Trinajstić information content (AvgIpc) is 2.82. The van der Waals surface area contributed by atoms with Crippen molar-refractivity contribution in [3.8, 4) is 0 Å². The average molecular weight is 269 g/mol. The fourth-order valence-electron chi connectivity index (χ4n) is 2.27. The van der Waals surface area contributed by atoms with Gasteiger partial charge in [0.2, 0.25) is 5.91 Å². The molecule has 0 spiro atoms. The molecule has 19 heavy (non-hydrogen) atoms. The van der Waals surface area contributed by atoms with Gasteiger partial charge in [0, 0.05) is 10.6 Å². The summed E-state index contributed by atoms with van der Waals surface area (Å²) in [5, 5.41) is 2.98. The molecule has 1 N–H and O–H groups in total. The summed E-state index contributed by atoms with van der Waals surface area (Å²) in [4.78, 5) is 13.5. The third kappa shape index (κ3) is 2.66. The van der Waals surface area contributed by atoms with Gasteiger partial charge < -0.3 is 5.32 Å². The number of carbonyl (C=O) groups excluding carboxylic acids is 1. The van der Waals surface area contributed by atoms with Gasteiger partial charge in [-0.05, 0) is 42.7 Å². The Morgan fingerprint density at radius 3 is 2.84 bits per heavy atom. The van der Waals surface area contributed by atoms with E-state index >= 15 is 0 Å². The number of rotatable bonds is 2. The van der Waals surface area contributed by atoms with Crippen molar-refractivity contribution >= 4 is 23.4 Å². The number of fused-ring (bicyclic) bond motifs is 1. The Morgan fingerprint density at radius 2 is 2.05 bits per heavy atom. The minimum absolute atomic E-state index is 0.0158. The Bertz CT molecular complexity index is 599. The number of amides is 1. The maximum absolute atomic E-state index is 12.3. The molecule has 2 aromatic carbocycles. The van der Waals surface area contributed by atoms with Crippen molar-refractivity contribution in [1.29, 1.82) is 0 Å². The number of benzene rings is 2. The lowest BCUT2D eigenvalue weighted by molar-refractivity contribution is -0.115. The van der Waals surface area contributed by atoms with Crippen molar-refractivity contribution in [2.45, 2.75) is 23.5 Å². The minimum atomic E-state index is -0.0158. The van der Waals surface area contributed by atoms with Crippen LogP contribution in [0.5, 0.6) is 0 Å². The van der Waals surface area contributed by atoms with Gasteiger partial charge in [-0.15, -0.1) is 11.8 Å². The van der Waals surface area contributed by atoms with Crippen LogP contribution in [0.4, 0.5) is 5.69 Å². The van der Waals surface area contributed by atoms with Crippen molar-refractivity contribution in [2.75, 3.05) is 5.32 Å². The first-order valence-corrected chi connectivity index (χ1v) is 7.22. The molecule has 0 saturated carbocycles. The van der Waals surface area contributed by atoms with E-state index in [0.29, 0.717) is 0 Å². The summed E-state index contributed by atoms with van der Waals surface area (Å²) >= 11 is 1.66. The van der Waals surface area contributed by atoms with E-state index in [0.717, 1.165) is 17.7 Å². The summed E-state index contributed by atoms with van der Waals surface area (Å²) in [6.45, 7) is 2.02. The van der Waals surface area contributed by atoms with Gasteiger partial charge in [0.25, 0.3) is 0 Å². The molecule has 1 heterocycles. The van der Waals surface area contributed by atoms with E-state index in [2.05, 4.69) is 17.4 Å². The standard InChI is InChI=1S/C16H15NOS/c1-11-5-4-7-13(9-11)17-16(18)15-10-12-6-2-3-8-14(12)19-15/h2-9,15H,10H2,1H3,(H,17,18). The Hall–Kier alpha value is -1.74. The maximum atomic E-state index is 12.3. The fraction of sp³-hybridized carbons (Fsp3) is 0.188. The second-order valence-electron chi connectivity index (χ2n) is 4.78. The topological polar surface area (TPSA) is 29.1 Å². The largest absolute Gasteiger partial charge is 0.325 e. The number of nitrogens with one attached hydrogen (secondary N) is 1. The fourth-order valence-corrected chi connectivity index (χ4v) is 3.47. The lowest BCUT2D eigenvalue weighted by Crippen LogP contribution is -2.24. The molecular formula is C16H15NOS. The van der Waals surface area contributed by atoms with Crippen LogP contribution in [-0.4, -0.2) is 11.2 Å². The molecule has 0 radical (unpaired) electrons. The molecule has 1 atom stereocenters. The Labute approximate surface area is 117 Å². The number of anilines is 1. The quantitative estimate of drug-likeness (QED) is 0.901. The van der Waals surface area contributed by atoms with E-state index in [-0.39, 0.29) is 11.2 Å². The van der Waals surface area contributed by atoms with Crippen LogP contribution in [0.2, 0.25) is 0 Å². The predicted molar refractivity (Wildman–Crippen MR) is 79.6 cm³/mol. The van der Waals surface area contributed by atoms with Crippen LogP contribution in [0.15, 0.2) is 53.4 Å². The molecule has 2 aromatic rings. The number of hydrogen-bond acceptors (Lipinski definition) is 2. The molecule has 0 bridgehead atoms. The van der Waals surface area contributed by atoms with E-state index in [1.807, 2.05) is 43.3 Å². The summed E-state index contributed by atoms with van der Waals surface area (Å²) in [7, 11) is 0. The predicted octanol–water partition coefficient (Wildman–Crippen LogP) is 3.65. The summed E-state index contributed by atoms with van der Waals surface area (Å²) in [5.41, 5.74) is 3.30. The molecule has 1 unspecified atom stereocenters. The molecule has 0 aromatic heterocycles. The van der Waals surface area contributed by atoms with Crippen molar-refractivity contribution in [2.24, 2.45) is 0 Å². The Morgan fingerprint density at radius 1 is 1.21 bits per heavy atom. The lowest BCUT2D eigenvalue weighted by atomic mass is 10.1. The second-order valence-corrected chi connectivity index (χ2v) is 6.02. The van der Waals surface area contributed by atoms with Gasteiger partial charge in [-0.3, -0.25) is 4.79 Å². The SMILES string of the molecule is Cc1cccc(NC(=O)C2Cc3ccccc3S2)c1. The van der Waals surface area contributed by atoms with E-state index in [1.165, 1.54) is 10.5 Å². The molecule has 1 amide bonds. The smallest absolute Gasteiger partial charge is 0.238 e. The molecule has 0 fully saturated rings. The van der Waals surface area contributed by atoms with Crippen LogP contribution >= 0.6 is 11.8 Å². The van der Waals surface area contributed by atoms with Gasteiger partial charge in [0.15, 0.2) is 0 Å². The van der Waals surface area contributed by atoms with Crippen molar-refractivity contribution in [1.82, 2.24) is 0 Å². The van der Waals surface area contributed by atoms with Gasteiger partial charge >= 0.3 is 0 Å². The van der Waals surface area contributed by atoms with Gasteiger partial charge in [-0.2, -0.15) is 0 Å². The third-order valence-corrected chi connectivity index (χ3v) is 4.54. The van der Waals surface area contributed by atoms with E-state index in [9.17, 15) is 4.79 Å². The van der Waals surface area contributed by atoms with Crippen LogP contribution in [0.1, 0.15) is 11.1 Å². The minimum Gasteiger partial charge on any atom is -0.325 e. The molecule has 2 nitrogen and oxygen atoms in total. The molecule has 3 rings (SSSR count). The molecule has 3 heteroatoms. The molecule has 96 valence electrons. The van der Waals surface area contributed by atoms with Crippen molar-refractivity contribution < 1.29 is 4.79 Å². The first-order chi connectivity index (χ1) is 9.22. The first kappa shape index (κ1) is 12.3. The number of hydrogen-bond donors (Lipinski definition) is 1. The zero-order valence-electron chi connectivity index (χ0n) is 10.7. The zero-order valence-corrected chi connectivity index (χ0v) is 11.5. The highest BCUT2D eigenvalue weighted by Gasteiger charge is 2.27. The van der Waals surface area contributed by atoms with Crippen LogP contribution in [0, 0.1) is 6.92 Å². The highest BCUT2D eigenvalue weighted by atomic mass is 32.2. The molecular weight excluding hydrogens is 254 g/mol.